The lowest BCUT2D eigenvalue weighted by atomic mass is 10.2. The fourth-order valence-electron chi connectivity index (χ4n) is 1.20. The fourth-order valence-corrected chi connectivity index (χ4v) is 1.64. The molecule has 0 saturated heterocycles. The lowest BCUT2D eigenvalue weighted by Crippen LogP contribution is -2.02. The summed E-state index contributed by atoms with van der Waals surface area (Å²) in [5, 5.41) is 3.41. The molecule has 1 nitrogen and oxygen atoms in total. The lowest BCUT2D eigenvalue weighted by Gasteiger charge is -2.05. The third-order valence-corrected chi connectivity index (χ3v) is 2.57. The minimum Gasteiger partial charge on any atom is -0.385 e. The summed E-state index contributed by atoms with van der Waals surface area (Å²) in [6.45, 7) is 3.19. The van der Waals surface area contributed by atoms with Crippen molar-refractivity contribution < 1.29 is 0 Å². The van der Waals surface area contributed by atoms with E-state index in [2.05, 4.69) is 42.8 Å². The molecule has 0 amide bonds. The minimum atomic E-state index is 0. The molecule has 0 atom stereocenters. The van der Waals surface area contributed by atoms with E-state index in [-0.39, 0.29) is 12.4 Å². The number of hydrogen-bond acceptors (Lipinski definition) is 2. The zero-order valence-electron chi connectivity index (χ0n) is 8.75. The largest absolute Gasteiger partial charge is 0.385 e. The molecule has 0 aliphatic heterocycles. The van der Waals surface area contributed by atoms with Gasteiger partial charge < -0.3 is 5.32 Å². The van der Waals surface area contributed by atoms with Gasteiger partial charge in [-0.15, -0.1) is 12.4 Å². The number of halogens is 1. The summed E-state index contributed by atoms with van der Waals surface area (Å²) in [6.07, 6.45) is 3.38. The number of anilines is 1. The molecule has 3 heteroatoms. The Morgan fingerprint density at radius 2 is 2.14 bits per heavy atom. The van der Waals surface area contributed by atoms with Crippen LogP contribution in [0.15, 0.2) is 24.3 Å². The number of hydrogen-bond donors (Lipinski definition) is 1. The molecule has 0 spiro atoms. The van der Waals surface area contributed by atoms with Crippen molar-refractivity contribution in [2.24, 2.45) is 0 Å². The number of rotatable bonds is 5. The Hall–Kier alpha value is -0.340. The van der Waals surface area contributed by atoms with Crippen molar-refractivity contribution >= 4 is 29.9 Å². The Balaban J connectivity index is 0.00000169. The Kier molecular flexibility index (Phi) is 7.81. The molecule has 0 fully saturated rings. The van der Waals surface area contributed by atoms with Crippen LogP contribution in [0.2, 0.25) is 0 Å². The summed E-state index contributed by atoms with van der Waals surface area (Å²) in [7, 11) is 0. The molecule has 0 aromatic heterocycles. The smallest absolute Gasteiger partial charge is 0.0342 e. The summed E-state index contributed by atoms with van der Waals surface area (Å²) < 4.78 is 0. The Morgan fingerprint density at radius 3 is 2.79 bits per heavy atom. The predicted molar refractivity (Wildman–Crippen MR) is 69.9 cm³/mol. The van der Waals surface area contributed by atoms with Crippen LogP contribution in [-0.2, 0) is 0 Å². The van der Waals surface area contributed by atoms with E-state index in [1.807, 2.05) is 11.8 Å². The van der Waals surface area contributed by atoms with Crippen molar-refractivity contribution in [1.82, 2.24) is 0 Å². The molecule has 1 rings (SSSR count). The van der Waals surface area contributed by atoms with Gasteiger partial charge in [0.15, 0.2) is 0 Å². The van der Waals surface area contributed by atoms with E-state index in [9.17, 15) is 0 Å². The molecular weight excluding hydrogens is 214 g/mol. The van der Waals surface area contributed by atoms with Crippen LogP contribution in [0.4, 0.5) is 5.69 Å². The van der Waals surface area contributed by atoms with Gasteiger partial charge in [0, 0.05) is 12.2 Å². The third kappa shape index (κ3) is 5.40. The summed E-state index contributed by atoms with van der Waals surface area (Å²) in [6, 6.07) is 8.50. The van der Waals surface area contributed by atoms with Crippen molar-refractivity contribution in [2.75, 3.05) is 23.9 Å². The summed E-state index contributed by atoms with van der Waals surface area (Å²) in [4.78, 5) is 0. The highest BCUT2D eigenvalue weighted by atomic mass is 35.5. The average Bonchev–Trinajstić information content (AvgIpc) is 2.13. The third-order valence-electron chi connectivity index (χ3n) is 1.87. The van der Waals surface area contributed by atoms with Gasteiger partial charge in [-0.2, -0.15) is 11.8 Å². The molecule has 0 aliphatic rings. The van der Waals surface area contributed by atoms with Gasteiger partial charge >= 0.3 is 0 Å². The molecule has 1 N–H and O–H groups in total. The molecule has 1 aromatic rings. The van der Waals surface area contributed by atoms with Crippen molar-refractivity contribution in [3.63, 3.8) is 0 Å². The van der Waals surface area contributed by atoms with Crippen molar-refractivity contribution in [3.8, 4) is 0 Å². The van der Waals surface area contributed by atoms with E-state index >= 15 is 0 Å². The highest BCUT2D eigenvalue weighted by molar-refractivity contribution is 7.98. The molecule has 0 saturated carbocycles. The van der Waals surface area contributed by atoms with Gasteiger partial charge in [0.2, 0.25) is 0 Å². The van der Waals surface area contributed by atoms with Gasteiger partial charge in [-0.1, -0.05) is 12.1 Å². The maximum atomic E-state index is 3.41. The number of nitrogens with one attached hydrogen (secondary N) is 1. The average molecular weight is 232 g/mol. The van der Waals surface area contributed by atoms with Crippen LogP contribution in [0.25, 0.3) is 0 Å². The SMILES string of the molecule is CSCCCNc1cccc(C)c1.Cl. The van der Waals surface area contributed by atoms with Crippen molar-refractivity contribution in [1.29, 1.82) is 0 Å². The standard InChI is InChI=1S/C11H17NS.ClH/c1-10-5-3-6-11(9-10)12-7-4-8-13-2;/h3,5-6,9,12H,4,7-8H2,1-2H3;1H. The van der Waals surface area contributed by atoms with Crippen LogP contribution < -0.4 is 5.32 Å². The number of benzene rings is 1. The maximum Gasteiger partial charge on any atom is 0.0342 e. The lowest BCUT2D eigenvalue weighted by molar-refractivity contribution is 0.993. The summed E-state index contributed by atoms with van der Waals surface area (Å²) >= 11 is 1.90. The molecule has 80 valence electrons. The second-order valence-corrected chi connectivity index (χ2v) is 4.13. The van der Waals surface area contributed by atoms with Gasteiger partial charge in [-0.05, 0) is 43.0 Å². The van der Waals surface area contributed by atoms with E-state index in [0.717, 1.165) is 6.54 Å². The van der Waals surface area contributed by atoms with E-state index in [4.69, 9.17) is 0 Å². The molecule has 0 aliphatic carbocycles. The Bertz CT molecular complexity index is 253. The van der Waals surface area contributed by atoms with Crippen LogP contribution in [0.3, 0.4) is 0 Å². The molecule has 14 heavy (non-hydrogen) atoms. The summed E-state index contributed by atoms with van der Waals surface area (Å²) in [5.41, 5.74) is 2.55. The molecular formula is C11H18ClNS. The van der Waals surface area contributed by atoms with Gasteiger partial charge in [0.05, 0.1) is 0 Å². The van der Waals surface area contributed by atoms with Crippen LogP contribution in [0, 0.1) is 6.92 Å². The first-order valence-electron chi connectivity index (χ1n) is 4.62. The quantitative estimate of drug-likeness (QED) is 0.778. The van der Waals surface area contributed by atoms with Gasteiger partial charge in [-0.3, -0.25) is 0 Å². The second-order valence-electron chi connectivity index (χ2n) is 3.14. The minimum absolute atomic E-state index is 0. The Labute approximate surface area is 97.1 Å². The van der Waals surface area contributed by atoms with Crippen LogP contribution in [0.1, 0.15) is 12.0 Å². The monoisotopic (exact) mass is 231 g/mol. The molecule has 0 heterocycles. The van der Waals surface area contributed by atoms with Gasteiger partial charge in [0.1, 0.15) is 0 Å². The number of aryl methyl sites for hydroxylation is 1. The molecule has 0 bridgehead atoms. The normalized spacial score (nSPS) is 9.29. The first kappa shape index (κ1) is 13.7. The number of thioether (sulfide) groups is 1. The van der Waals surface area contributed by atoms with E-state index < -0.39 is 0 Å². The van der Waals surface area contributed by atoms with Gasteiger partial charge in [0.25, 0.3) is 0 Å². The first-order valence-corrected chi connectivity index (χ1v) is 6.02. The van der Waals surface area contributed by atoms with Crippen molar-refractivity contribution in [2.45, 2.75) is 13.3 Å². The zero-order valence-corrected chi connectivity index (χ0v) is 10.4. The van der Waals surface area contributed by atoms with E-state index in [1.54, 1.807) is 0 Å². The first-order chi connectivity index (χ1) is 6.33. The van der Waals surface area contributed by atoms with Crippen molar-refractivity contribution in [3.05, 3.63) is 29.8 Å². The Morgan fingerprint density at radius 1 is 1.36 bits per heavy atom. The highest BCUT2D eigenvalue weighted by Gasteiger charge is 1.90. The van der Waals surface area contributed by atoms with Crippen LogP contribution in [0.5, 0.6) is 0 Å². The summed E-state index contributed by atoms with van der Waals surface area (Å²) in [5.74, 6) is 1.23. The van der Waals surface area contributed by atoms with Crippen LogP contribution in [-0.4, -0.2) is 18.6 Å². The van der Waals surface area contributed by atoms with Gasteiger partial charge in [-0.25, -0.2) is 0 Å². The van der Waals surface area contributed by atoms with E-state index in [0.29, 0.717) is 0 Å². The second kappa shape index (κ2) is 8.01. The highest BCUT2D eigenvalue weighted by Crippen LogP contribution is 2.09. The molecule has 0 unspecified atom stereocenters. The fraction of sp³-hybridized carbons (Fsp3) is 0.455. The predicted octanol–water partition coefficient (Wildman–Crippen LogP) is 3.58. The topological polar surface area (TPSA) is 12.0 Å². The zero-order chi connectivity index (χ0) is 9.52. The molecule has 0 radical (unpaired) electrons. The molecule has 1 aromatic carbocycles. The van der Waals surface area contributed by atoms with E-state index in [1.165, 1.54) is 23.4 Å². The van der Waals surface area contributed by atoms with Crippen LogP contribution >= 0.6 is 24.2 Å². The maximum absolute atomic E-state index is 3.41.